The van der Waals surface area contributed by atoms with E-state index in [1.807, 2.05) is 49.4 Å². The Morgan fingerprint density at radius 3 is 2.42 bits per heavy atom. The average Bonchev–Trinajstić information content (AvgIpc) is 2.66. The molecule has 0 aliphatic heterocycles. The molecule has 0 fully saturated rings. The van der Waals surface area contributed by atoms with Gasteiger partial charge in [-0.1, -0.05) is 24.3 Å². The number of hydrogen-bond acceptors (Lipinski definition) is 4. The van der Waals surface area contributed by atoms with Gasteiger partial charge in [-0.3, -0.25) is 4.79 Å². The molecule has 0 spiro atoms. The fourth-order valence-corrected chi connectivity index (χ4v) is 2.49. The number of rotatable bonds is 9. The van der Waals surface area contributed by atoms with E-state index >= 15 is 0 Å². The minimum absolute atomic E-state index is 0.0661. The fraction of sp³-hybridized carbons (Fsp3) is 0.286. The van der Waals surface area contributed by atoms with Crippen LogP contribution in [0.1, 0.15) is 11.1 Å². The van der Waals surface area contributed by atoms with Gasteiger partial charge in [-0.2, -0.15) is 0 Å². The molecule has 0 atom stereocenters. The summed E-state index contributed by atoms with van der Waals surface area (Å²) in [7, 11) is 3.20. The molecule has 0 saturated carbocycles. The first-order valence-corrected chi connectivity index (χ1v) is 8.36. The zero-order valence-electron chi connectivity index (χ0n) is 15.5. The number of methoxy groups -OCH3 is 2. The summed E-state index contributed by atoms with van der Waals surface area (Å²) in [6.07, 6.45) is 1.70. The van der Waals surface area contributed by atoms with Crippen LogP contribution in [0.4, 0.5) is 0 Å². The van der Waals surface area contributed by atoms with Crippen LogP contribution in [-0.4, -0.2) is 38.2 Å². The zero-order chi connectivity index (χ0) is 18.9. The Morgan fingerprint density at radius 2 is 1.81 bits per heavy atom. The van der Waals surface area contributed by atoms with Crippen LogP contribution in [0.2, 0.25) is 0 Å². The van der Waals surface area contributed by atoms with Crippen molar-refractivity contribution in [1.82, 2.24) is 4.90 Å². The van der Waals surface area contributed by atoms with Crippen LogP contribution in [0.15, 0.2) is 55.1 Å². The molecular formula is C21H25NO4. The summed E-state index contributed by atoms with van der Waals surface area (Å²) < 4.78 is 16.1. The van der Waals surface area contributed by atoms with E-state index in [0.29, 0.717) is 24.6 Å². The van der Waals surface area contributed by atoms with Crippen LogP contribution in [0.5, 0.6) is 17.2 Å². The molecule has 0 N–H and O–H groups in total. The van der Waals surface area contributed by atoms with Gasteiger partial charge in [-0.25, -0.2) is 0 Å². The Kier molecular flexibility index (Phi) is 7.09. The van der Waals surface area contributed by atoms with Gasteiger partial charge in [0.1, 0.15) is 5.75 Å². The molecule has 5 heteroatoms. The number of hydrogen-bond donors (Lipinski definition) is 0. The maximum absolute atomic E-state index is 12.6. The lowest BCUT2D eigenvalue weighted by molar-refractivity contribution is -0.133. The van der Waals surface area contributed by atoms with Crippen molar-refractivity contribution in [3.8, 4) is 17.2 Å². The van der Waals surface area contributed by atoms with Gasteiger partial charge in [0.15, 0.2) is 18.1 Å². The molecule has 0 saturated heterocycles. The predicted molar refractivity (Wildman–Crippen MR) is 102 cm³/mol. The van der Waals surface area contributed by atoms with E-state index in [2.05, 4.69) is 6.58 Å². The van der Waals surface area contributed by atoms with Gasteiger partial charge >= 0.3 is 0 Å². The number of nitrogens with zero attached hydrogens (tertiary/aromatic N) is 1. The molecular weight excluding hydrogens is 330 g/mol. The van der Waals surface area contributed by atoms with Crippen molar-refractivity contribution in [2.24, 2.45) is 0 Å². The third-order valence-corrected chi connectivity index (χ3v) is 3.90. The number of carbonyl (C=O) groups excluding carboxylic acids is 1. The number of aryl methyl sites for hydroxylation is 1. The molecule has 2 aromatic rings. The molecule has 2 aromatic carbocycles. The molecule has 26 heavy (non-hydrogen) atoms. The Labute approximate surface area is 154 Å². The van der Waals surface area contributed by atoms with Gasteiger partial charge < -0.3 is 19.1 Å². The fourth-order valence-electron chi connectivity index (χ4n) is 2.49. The maximum Gasteiger partial charge on any atom is 0.261 e. The predicted octanol–water partition coefficient (Wildman–Crippen LogP) is 3.61. The lowest BCUT2D eigenvalue weighted by Gasteiger charge is -2.22. The monoisotopic (exact) mass is 355 g/mol. The minimum Gasteiger partial charge on any atom is -0.497 e. The van der Waals surface area contributed by atoms with E-state index in [0.717, 1.165) is 16.9 Å². The maximum atomic E-state index is 12.6. The summed E-state index contributed by atoms with van der Waals surface area (Å²) in [6, 6.07) is 13.2. The Hall–Kier alpha value is -2.95. The smallest absolute Gasteiger partial charge is 0.261 e. The summed E-state index contributed by atoms with van der Waals surface area (Å²) in [5.41, 5.74) is 2.07. The van der Waals surface area contributed by atoms with E-state index in [1.54, 1.807) is 25.2 Å². The SMILES string of the molecule is C=CCN(Cc1ccc(OC)cc1)C(=O)COc1ccc(C)cc1OC. The molecule has 0 aliphatic carbocycles. The number of ether oxygens (including phenoxy) is 3. The highest BCUT2D eigenvalue weighted by molar-refractivity contribution is 5.78. The quantitative estimate of drug-likeness (QED) is 0.645. The molecule has 1 amide bonds. The Morgan fingerprint density at radius 1 is 1.08 bits per heavy atom. The molecule has 0 aliphatic rings. The van der Waals surface area contributed by atoms with Gasteiger partial charge in [0.05, 0.1) is 14.2 Å². The van der Waals surface area contributed by atoms with Crippen molar-refractivity contribution >= 4 is 5.91 Å². The second-order valence-corrected chi connectivity index (χ2v) is 5.85. The van der Waals surface area contributed by atoms with E-state index in [4.69, 9.17) is 14.2 Å². The van der Waals surface area contributed by atoms with Crippen molar-refractivity contribution < 1.29 is 19.0 Å². The lowest BCUT2D eigenvalue weighted by atomic mass is 10.2. The Bertz CT molecular complexity index is 740. The van der Waals surface area contributed by atoms with Crippen molar-refractivity contribution in [3.05, 3.63) is 66.2 Å². The number of benzene rings is 2. The van der Waals surface area contributed by atoms with Crippen LogP contribution < -0.4 is 14.2 Å². The Balaban J connectivity index is 2.02. The summed E-state index contributed by atoms with van der Waals surface area (Å²) in [4.78, 5) is 14.3. The van der Waals surface area contributed by atoms with Crippen LogP contribution in [-0.2, 0) is 11.3 Å². The minimum atomic E-state index is -0.122. The van der Waals surface area contributed by atoms with Crippen molar-refractivity contribution in [2.75, 3.05) is 27.4 Å². The number of carbonyl (C=O) groups is 1. The van der Waals surface area contributed by atoms with Crippen molar-refractivity contribution in [2.45, 2.75) is 13.5 Å². The first kappa shape index (κ1) is 19.4. The third-order valence-electron chi connectivity index (χ3n) is 3.90. The second-order valence-electron chi connectivity index (χ2n) is 5.85. The van der Waals surface area contributed by atoms with Gasteiger partial charge in [0.25, 0.3) is 5.91 Å². The highest BCUT2D eigenvalue weighted by Crippen LogP contribution is 2.27. The lowest BCUT2D eigenvalue weighted by Crippen LogP contribution is -2.34. The highest BCUT2D eigenvalue weighted by atomic mass is 16.5. The molecule has 5 nitrogen and oxygen atoms in total. The summed E-state index contributed by atoms with van der Waals surface area (Å²) >= 11 is 0. The van der Waals surface area contributed by atoms with Crippen LogP contribution in [0.3, 0.4) is 0 Å². The van der Waals surface area contributed by atoms with Gasteiger partial charge in [-0.05, 0) is 42.3 Å². The van der Waals surface area contributed by atoms with Crippen LogP contribution in [0.25, 0.3) is 0 Å². The van der Waals surface area contributed by atoms with E-state index in [1.165, 1.54) is 0 Å². The van der Waals surface area contributed by atoms with Gasteiger partial charge in [-0.15, -0.1) is 6.58 Å². The molecule has 0 radical (unpaired) electrons. The van der Waals surface area contributed by atoms with E-state index < -0.39 is 0 Å². The van der Waals surface area contributed by atoms with Gasteiger partial charge in [0.2, 0.25) is 0 Å². The first-order chi connectivity index (χ1) is 12.6. The van der Waals surface area contributed by atoms with Gasteiger partial charge in [0, 0.05) is 13.1 Å². The topological polar surface area (TPSA) is 48.0 Å². The van der Waals surface area contributed by atoms with E-state index in [-0.39, 0.29) is 12.5 Å². The van der Waals surface area contributed by atoms with Crippen molar-refractivity contribution in [1.29, 1.82) is 0 Å². The normalized spacial score (nSPS) is 10.1. The largest absolute Gasteiger partial charge is 0.497 e. The van der Waals surface area contributed by atoms with Crippen LogP contribution in [0, 0.1) is 6.92 Å². The second kappa shape index (κ2) is 9.51. The number of amides is 1. The summed E-state index contributed by atoms with van der Waals surface area (Å²) in [5.74, 6) is 1.83. The molecule has 0 aromatic heterocycles. The van der Waals surface area contributed by atoms with E-state index in [9.17, 15) is 4.79 Å². The summed E-state index contributed by atoms with van der Waals surface area (Å²) in [6.45, 7) is 6.56. The standard InChI is InChI=1S/C21H25NO4/c1-5-12-22(14-17-7-9-18(24-3)10-8-17)21(23)15-26-19-11-6-16(2)13-20(19)25-4/h5-11,13H,1,12,14-15H2,2-4H3. The molecule has 0 heterocycles. The average molecular weight is 355 g/mol. The molecule has 0 unspecified atom stereocenters. The molecule has 0 bridgehead atoms. The molecule has 2 rings (SSSR count). The van der Waals surface area contributed by atoms with Crippen molar-refractivity contribution in [3.63, 3.8) is 0 Å². The highest BCUT2D eigenvalue weighted by Gasteiger charge is 2.15. The van der Waals surface area contributed by atoms with Crippen LogP contribution >= 0.6 is 0 Å². The summed E-state index contributed by atoms with van der Waals surface area (Å²) in [5, 5.41) is 0. The third kappa shape index (κ3) is 5.28. The zero-order valence-corrected chi connectivity index (χ0v) is 15.5. The molecule has 138 valence electrons. The first-order valence-electron chi connectivity index (χ1n) is 8.36.